The number of ether oxygens (including phenoxy) is 1. The van der Waals surface area contributed by atoms with Gasteiger partial charge in [0.2, 0.25) is 0 Å². The number of anilines is 1. The lowest BCUT2D eigenvalue weighted by Crippen LogP contribution is -2.50. The zero-order chi connectivity index (χ0) is 26.8. The standard InChI is InChI=1S/C30H33ClN4O3/c1-18-26(5-4-6-27(18)38-3)30(37)34-23-15-24-12-13-25(16-23)35(24)28-14-9-21(17-32-28)29(36)33-19(2)20-7-10-22(31)11-8-20/h4-11,14,17,19,23-25H,12-13,15-16H2,1-3H3,(H,33,36)(H,34,37)/t19-,23?,24-,25+/m0/s1. The summed E-state index contributed by atoms with van der Waals surface area (Å²) in [6, 6.07) is 17.4. The number of hydrogen-bond acceptors (Lipinski definition) is 5. The van der Waals surface area contributed by atoms with E-state index in [0.717, 1.165) is 48.4 Å². The number of aromatic nitrogens is 1. The van der Waals surface area contributed by atoms with Crippen LogP contribution in [0.3, 0.4) is 0 Å². The van der Waals surface area contributed by atoms with Crippen LogP contribution in [0.1, 0.15) is 70.5 Å². The number of benzene rings is 2. The molecule has 5 rings (SSSR count). The third-order valence-electron chi connectivity index (χ3n) is 7.81. The number of rotatable bonds is 7. The van der Waals surface area contributed by atoms with Gasteiger partial charge in [-0.2, -0.15) is 0 Å². The van der Waals surface area contributed by atoms with Gasteiger partial charge in [0.05, 0.1) is 18.7 Å². The van der Waals surface area contributed by atoms with E-state index in [2.05, 4.69) is 20.5 Å². The lowest BCUT2D eigenvalue weighted by atomic mass is 9.96. The minimum atomic E-state index is -0.163. The molecule has 0 spiro atoms. The maximum absolute atomic E-state index is 13.0. The van der Waals surface area contributed by atoms with Gasteiger partial charge in [-0.15, -0.1) is 0 Å². The molecule has 4 atom stereocenters. The molecule has 0 radical (unpaired) electrons. The molecule has 3 aromatic rings. The van der Waals surface area contributed by atoms with E-state index < -0.39 is 0 Å². The number of nitrogens with zero attached hydrogens (tertiary/aromatic N) is 2. The van der Waals surface area contributed by atoms with Crippen molar-refractivity contribution in [2.24, 2.45) is 0 Å². The van der Waals surface area contributed by atoms with Crippen molar-refractivity contribution in [2.45, 2.75) is 63.7 Å². The van der Waals surface area contributed by atoms with Crippen molar-refractivity contribution in [1.82, 2.24) is 15.6 Å². The highest BCUT2D eigenvalue weighted by Crippen LogP contribution is 2.38. The predicted octanol–water partition coefficient (Wildman–Crippen LogP) is 5.47. The van der Waals surface area contributed by atoms with Crippen LogP contribution >= 0.6 is 11.6 Å². The Balaban J connectivity index is 1.20. The number of pyridine rings is 1. The zero-order valence-electron chi connectivity index (χ0n) is 21.9. The number of nitrogens with one attached hydrogen (secondary N) is 2. The summed E-state index contributed by atoms with van der Waals surface area (Å²) in [5, 5.41) is 6.95. The first-order chi connectivity index (χ1) is 18.3. The van der Waals surface area contributed by atoms with Crippen molar-refractivity contribution >= 4 is 29.2 Å². The molecule has 8 heteroatoms. The van der Waals surface area contributed by atoms with E-state index in [1.54, 1.807) is 13.3 Å². The van der Waals surface area contributed by atoms with E-state index in [9.17, 15) is 9.59 Å². The number of halogens is 1. The van der Waals surface area contributed by atoms with Gasteiger partial charge in [0, 0.05) is 40.5 Å². The third-order valence-corrected chi connectivity index (χ3v) is 8.06. The average Bonchev–Trinajstić information content (AvgIpc) is 3.19. The maximum atomic E-state index is 13.0. The quantitative estimate of drug-likeness (QED) is 0.421. The Bertz CT molecular complexity index is 1300. The van der Waals surface area contributed by atoms with E-state index in [4.69, 9.17) is 16.3 Å². The van der Waals surface area contributed by atoms with Crippen molar-refractivity contribution in [3.8, 4) is 5.75 Å². The molecule has 38 heavy (non-hydrogen) atoms. The summed E-state index contributed by atoms with van der Waals surface area (Å²) in [6.07, 6.45) is 5.52. The molecule has 2 bridgehead atoms. The Kier molecular flexibility index (Phi) is 7.56. The zero-order valence-corrected chi connectivity index (χ0v) is 22.7. The third kappa shape index (κ3) is 5.34. The Labute approximate surface area is 228 Å². The fourth-order valence-corrected chi connectivity index (χ4v) is 5.93. The Morgan fingerprint density at radius 2 is 1.74 bits per heavy atom. The van der Waals surface area contributed by atoms with Crippen LogP contribution < -0.4 is 20.3 Å². The fourth-order valence-electron chi connectivity index (χ4n) is 5.80. The topological polar surface area (TPSA) is 83.6 Å². The first-order valence-corrected chi connectivity index (χ1v) is 13.5. The second kappa shape index (κ2) is 11.0. The van der Waals surface area contributed by atoms with Crippen LogP contribution in [0.4, 0.5) is 5.82 Å². The monoisotopic (exact) mass is 532 g/mol. The Hall–Kier alpha value is -3.58. The molecular formula is C30H33ClN4O3. The smallest absolute Gasteiger partial charge is 0.253 e. The summed E-state index contributed by atoms with van der Waals surface area (Å²) in [4.78, 5) is 32.9. The molecule has 2 aromatic carbocycles. The molecule has 2 N–H and O–H groups in total. The number of carbonyl (C=O) groups excluding carboxylic acids is 2. The van der Waals surface area contributed by atoms with Gasteiger partial charge >= 0.3 is 0 Å². The molecule has 2 fully saturated rings. The summed E-state index contributed by atoms with van der Waals surface area (Å²) in [5.41, 5.74) is 3.02. The van der Waals surface area contributed by atoms with Gasteiger partial charge in [-0.25, -0.2) is 4.98 Å². The molecule has 1 aromatic heterocycles. The lowest BCUT2D eigenvalue weighted by Gasteiger charge is -2.40. The van der Waals surface area contributed by atoms with Crippen molar-refractivity contribution in [3.05, 3.63) is 88.1 Å². The average molecular weight is 533 g/mol. The first kappa shape index (κ1) is 26.0. The molecule has 2 saturated heterocycles. The molecule has 198 valence electrons. The number of hydrogen-bond donors (Lipinski definition) is 2. The molecule has 0 saturated carbocycles. The highest BCUT2D eigenvalue weighted by Gasteiger charge is 2.42. The normalized spacial score (nSPS) is 21.1. The van der Waals surface area contributed by atoms with Gasteiger partial charge in [-0.3, -0.25) is 9.59 Å². The van der Waals surface area contributed by atoms with Crippen LogP contribution in [-0.2, 0) is 0 Å². The maximum Gasteiger partial charge on any atom is 0.253 e. The summed E-state index contributed by atoms with van der Waals surface area (Å²) in [6.45, 7) is 3.85. The van der Waals surface area contributed by atoms with Crippen molar-refractivity contribution < 1.29 is 14.3 Å². The van der Waals surface area contributed by atoms with Crippen LogP contribution in [0.2, 0.25) is 5.02 Å². The van der Waals surface area contributed by atoms with E-state index in [-0.39, 0.29) is 23.9 Å². The SMILES string of the molecule is COc1cccc(C(=O)NC2C[C@H]3CC[C@@H](C2)N3c2ccc(C(=O)N[C@@H](C)c3ccc(Cl)cc3)cn2)c1C. The van der Waals surface area contributed by atoms with Gasteiger partial charge in [0.25, 0.3) is 11.8 Å². The predicted molar refractivity (Wildman–Crippen MR) is 149 cm³/mol. The molecule has 2 amide bonds. The molecular weight excluding hydrogens is 500 g/mol. The number of methoxy groups -OCH3 is 1. The van der Waals surface area contributed by atoms with Crippen LogP contribution in [0.5, 0.6) is 5.75 Å². The Morgan fingerprint density at radius 1 is 1.03 bits per heavy atom. The van der Waals surface area contributed by atoms with Gasteiger partial charge in [0.1, 0.15) is 11.6 Å². The molecule has 2 aliphatic rings. The highest BCUT2D eigenvalue weighted by molar-refractivity contribution is 6.30. The number of amides is 2. The summed E-state index contributed by atoms with van der Waals surface area (Å²) in [7, 11) is 1.62. The fraction of sp³-hybridized carbons (Fsp3) is 0.367. The minimum absolute atomic E-state index is 0.0550. The van der Waals surface area contributed by atoms with Gasteiger partial charge in [-0.1, -0.05) is 29.8 Å². The summed E-state index contributed by atoms with van der Waals surface area (Å²) < 4.78 is 5.38. The number of fused-ring (bicyclic) bond motifs is 2. The molecule has 1 unspecified atom stereocenters. The van der Waals surface area contributed by atoms with Crippen LogP contribution in [0, 0.1) is 6.92 Å². The van der Waals surface area contributed by atoms with E-state index in [1.807, 2.05) is 68.4 Å². The van der Waals surface area contributed by atoms with Crippen LogP contribution in [0.15, 0.2) is 60.8 Å². The van der Waals surface area contributed by atoms with E-state index in [1.165, 1.54) is 0 Å². The first-order valence-electron chi connectivity index (χ1n) is 13.1. The molecule has 7 nitrogen and oxygen atoms in total. The van der Waals surface area contributed by atoms with Crippen LogP contribution in [-0.4, -0.2) is 42.0 Å². The van der Waals surface area contributed by atoms with Crippen molar-refractivity contribution in [2.75, 3.05) is 12.0 Å². The molecule has 2 aliphatic heterocycles. The van der Waals surface area contributed by atoms with Gasteiger partial charge < -0.3 is 20.3 Å². The van der Waals surface area contributed by atoms with E-state index in [0.29, 0.717) is 28.2 Å². The van der Waals surface area contributed by atoms with Gasteiger partial charge in [0.15, 0.2) is 0 Å². The number of piperidine rings is 1. The lowest BCUT2D eigenvalue weighted by molar-refractivity contribution is 0.0922. The van der Waals surface area contributed by atoms with Crippen LogP contribution in [0.25, 0.3) is 0 Å². The van der Waals surface area contributed by atoms with Crippen molar-refractivity contribution in [1.29, 1.82) is 0 Å². The minimum Gasteiger partial charge on any atom is -0.496 e. The second-order valence-corrected chi connectivity index (χ2v) is 10.7. The number of carbonyl (C=O) groups is 2. The largest absolute Gasteiger partial charge is 0.496 e. The second-order valence-electron chi connectivity index (χ2n) is 10.2. The molecule has 3 heterocycles. The highest BCUT2D eigenvalue weighted by atomic mass is 35.5. The summed E-state index contributed by atoms with van der Waals surface area (Å²) >= 11 is 5.97. The van der Waals surface area contributed by atoms with E-state index >= 15 is 0 Å². The Morgan fingerprint density at radius 3 is 2.37 bits per heavy atom. The van der Waals surface area contributed by atoms with Gasteiger partial charge in [-0.05, 0) is 81.5 Å². The summed E-state index contributed by atoms with van der Waals surface area (Å²) in [5.74, 6) is 1.38. The molecule has 0 aliphatic carbocycles. The van der Waals surface area contributed by atoms with Crippen molar-refractivity contribution in [3.63, 3.8) is 0 Å².